The Morgan fingerprint density at radius 3 is 2.86 bits per heavy atom. The Balaban J connectivity index is 2.53. The molecule has 0 aromatic carbocycles. The molecule has 1 aromatic rings. The minimum absolute atomic E-state index is 0.0324. The van der Waals surface area contributed by atoms with Gasteiger partial charge in [0.05, 0.1) is 11.3 Å². The van der Waals surface area contributed by atoms with Gasteiger partial charge in [0, 0.05) is 13.0 Å². The van der Waals surface area contributed by atoms with Gasteiger partial charge in [-0.2, -0.15) is 5.10 Å². The molecule has 0 aliphatic heterocycles. The van der Waals surface area contributed by atoms with Crippen LogP contribution in [-0.4, -0.2) is 20.8 Å². The van der Waals surface area contributed by atoms with E-state index in [4.69, 9.17) is 22.5 Å². The summed E-state index contributed by atoms with van der Waals surface area (Å²) >= 11 is 5.99. The molecular weight excluding hydrogens is 204 g/mol. The van der Waals surface area contributed by atoms with Gasteiger partial charge in [0.1, 0.15) is 5.15 Å². The summed E-state index contributed by atoms with van der Waals surface area (Å²) in [5, 5.41) is 16.2. The van der Waals surface area contributed by atoms with Crippen LogP contribution in [0.3, 0.4) is 0 Å². The lowest BCUT2D eigenvalue weighted by Gasteiger charge is -1.98. The van der Waals surface area contributed by atoms with Crippen LogP contribution in [0.15, 0.2) is 5.16 Å². The van der Waals surface area contributed by atoms with E-state index in [1.165, 1.54) is 0 Å². The summed E-state index contributed by atoms with van der Waals surface area (Å²) in [5.74, 6) is 0.453. The monoisotopic (exact) mass is 214 g/mol. The van der Waals surface area contributed by atoms with Crippen molar-refractivity contribution in [3.05, 3.63) is 16.4 Å². The topological polar surface area (TPSA) is 76.4 Å². The first-order valence-electron chi connectivity index (χ1n) is 4.35. The molecule has 1 fully saturated rings. The van der Waals surface area contributed by atoms with E-state index in [0.29, 0.717) is 16.6 Å². The number of hydrogen-bond donors (Lipinski definition) is 2. The van der Waals surface area contributed by atoms with Crippen molar-refractivity contribution >= 4 is 17.4 Å². The number of aryl methyl sites for hydroxylation is 1. The van der Waals surface area contributed by atoms with Crippen LogP contribution in [0.4, 0.5) is 0 Å². The summed E-state index contributed by atoms with van der Waals surface area (Å²) < 4.78 is 1.54. The maximum atomic E-state index is 8.62. The van der Waals surface area contributed by atoms with E-state index >= 15 is 0 Å². The van der Waals surface area contributed by atoms with Crippen LogP contribution in [0.1, 0.15) is 30.0 Å². The van der Waals surface area contributed by atoms with Crippen molar-refractivity contribution in [3.8, 4) is 0 Å². The van der Waals surface area contributed by atoms with Crippen molar-refractivity contribution in [1.82, 2.24) is 9.78 Å². The largest absolute Gasteiger partial charge is 0.409 e. The molecule has 6 heteroatoms. The zero-order chi connectivity index (χ0) is 10.3. The lowest BCUT2D eigenvalue weighted by atomic mass is 10.1. The quantitative estimate of drug-likeness (QED) is 0.334. The number of nitrogens with zero attached hydrogens (tertiary/aromatic N) is 3. The molecule has 14 heavy (non-hydrogen) atoms. The van der Waals surface area contributed by atoms with Crippen molar-refractivity contribution in [2.75, 3.05) is 0 Å². The van der Waals surface area contributed by atoms with Crippen LogP contribution in [0.2, 0.25) is 5.15 Å². The smallest absolute Gasteiger partial charge is 0.175 e. The van der Waals surface area contributed by atoms with Gasteiger partial charge in [-0.05, 0) is 12.8 Å². The summed E-state index contributed by atoms with van der Waals surface area (Å²) in [6.07, 6.45) is 2.19. The second-order valence-corrected chi connectivity index (χ2v) is 3.79. The van der Waals surface area contributed by atoms with Gasteiger partial charge in [-0.1, -0.05) is 16.8 Å². The zero-order valence-electron chi connectivity index (χ0n) is 7.74. The highest BCUT2D eigenvalue weighted by Crippen LogP contribution is 2.42. The van der Waals surface area contributed by atoms with Crippen molar-refractivity contribution in [3.63, 3.8) is 0 Å². The van der Waals surface area contributed by atoms with Gasteiger partial charge in [0.25, 0.3) is 0 Å². The first kappa shape index (κ1) is 9.33. The van der Waals surface area contributed by atoms with Gasteiger partial charge < -0.3 is 10.9 Å². The molecule has 0 unspecified atom stereocenters. The predicted octanol–water partition coefficient (Wildman–Crippen LogP) is 1.05. The first-order valence-corrected chi connectivity index (χ1v) is 4.73. The fourth-order valence-corrected chi connectivity index (χ4v) is 1.68. The normalized spacial score (nSPS) is 17.4. The van der Waals surface area contributed by atoms with Crippen molar-refractivity contribution in [2.24, 2.45) is 17.9 Å². The Bertz CT molecular complexity index is 394. The average Bonchev–Trinajstić information content (AvgIpc) is 2.95. The highest BCUT2D eigenvalue weighted by molar-refractivity contribution is 6.33. The number of halogens is 1. The van der Waals surface area contributed by atoms with E-state index in [1.54, 1.807) is 11.7 Å². The highest BCUT2D eigenvalue weighted by Gasteiger charge is 2.32. The van der Waals surface area contributed by atoms with Gasteiger partial charge >= 0.3 is 0 Å². The molecule has 0 amide bonds. The summed E-state index contributed by atoms with van der Waals surface area (Å²) in [7, 11) is 1.74. The van der Waals surface area contributed by atoms with Crippen molar-refractivity contribution in [2.45, 2.75) is 18.8 Å². The Morgan fingerprint density at radius 2 is 2.36 bits per heavy atom. The zero-order valence-corrected chi connectivity index (χ0v) is 8.49. The third-order valence-corrected chi connectivity index (χ3v) is 2.77. The van der Waals surface area contributed by atoms with Crippen LogP contribution in [0, 0.1) is 0 Å². The van der Waals surface area contributed by atoms with E-state index in [2.05, 4.69) is 10.3 Å². The third kappa shape index (κ3) is 1.33. The first-order chi connectivity index (χ1) is 6.65. The molecule has 1 aromatic heterocycles. The SMILES string of the molecule is Cn1nc(C2CC2)c(/C(N)=N\O)c1Cl. The summed E-state index contributed by atoms with van der Waals surface area (Å²) in [6.45, 7) is 0. The molecule has 0 saturated heterocycles. The molecule has 1 heterocycles. The molecule has 3 N–H and O–H groups in total. The minimum Gasteiger partial charge on any atom is -0.409 e. The molecule has 5 nitrogen and oxygen atoms in total. The van der Waals surface area contributed by atoms with Gasteiger partial charge in [0.2, 0.25) is 0 Å². The molecule has 0 bridgehead atoms. The number of rotatable bonds is 2. The van der Waals surface area contributed by atoms with Crippen LogP contribution < -0.4 is 5.73 Å². The van der Waals surface area contributed by atoms with Gasteiger partial charge in [-0.25, -0.2) is 0 Å². The summed E-state index contributed by atoms with van der Waals surface area (Å²) in [4.78, 5) is 0. The van der Waals surface area contributed by atoms with E-state index in [1.807, 2.05) is 0 Å². The molecule has 0 radical (unpaired) electrons. The Morgan fingerprint density at radius 1 is 1.71 bits per heavy atom. The average molecular weight is 215 g/mol. The van der Waals surface area contributed by atoms with Crippen molar-refractivity contribution in [1.29, 1.82) is 0 Å². The molecule has 1 saturated carbocycles. The number of aromatic nitrogens is 2. The Hall–Kier alpha value is -1.23. The van der Waals surface area contributed by atoms with Crippen LogP contribution in [-0.2, 0) is 7.05 Å². The number of oxime groups is 1. The van der Waals surface area contributed by atoms with Gasteiger partial charge in [0.15, 0.2) is 5.84 Å². The molecule has 76 valence electrons. The minimum atomic E-state index is 0.0324. The molecule has 0 spiro atoms. The lowest BCUT2D eigenvalue weighted by molar-refractivity contribution is 0.318. The number of nitrogens with two attached hydrogens (primary N) is 1. The Labute approximate surface area is 86.1 Å². The maximum Gasteiger partial charge on any atom is 0.175 e. The molecule has 1 aliphatic carbocycles. The fourth-order valence-electron chi connectivity index (χ4n) is 1.45. The molecule has 2 rings (SSSR count). The van der Waals surface area contributed by atoms with Gasteiger partial charge in [-0.15, -0.1) is 0 Å². The number of amidine groups is 1. The van der Waals surface area contributed by atoms with E-state index in [0.717, 1.165) is 18.5 Å². The van der Waals surface area contributed by atoms with Crippen LogP contribution >= 0.6 is 11.6 Å². The molecular formula is C8H11ClN4O. The second-order valence-electron chi connectivity index (χ2n) is 3.43. The number of hydrogen-bond acceptors (Lipinski definition) is 3. The molecule has 0 atom stereocenters. The fraction of sp³-hybridized carbons (Fsp3) is 0.500. The van der Waals surface area contributed by atoms with E-state index in [9.17, 15) is 0 Å². The predicted molar refractivity (Wildman–Crippen MR) is 52.7 cm³/mol. The van der Waals surface area contributed by atoms with Crippen molar-refractivity contribution < 1.29 is 5.21 Å². The maximum absolute atomic E-state index is 8.62. The standard InChI is InChI=1S/C8H11ClN4O/c1-13-7(9)5(8(10)12-14)6(11-13)4-2-3-4/h4,14H,2-3H2,1H3,(H2,10,12). The third-order valence-electron chi connectivity index (χ3n) is 2.33. The second kappa shape index (κ2) is 3.16. The van der Waals surface area contributed by atoms with Gasteiger partial charge in [-0.3, -0.25) is 4.68 Å². The molecule has 1 aliphatic rings. The summed E-state index contributed by atoms with van der Waals surface area (Å²) in [5.41, 5.74) is 6.95. The summed E-state index contributed by atoms with van der Waals surface area (Å²) in [6, 6.07) is 0. The van der Waals surface area contributed by atoms with E-state index in [-0.39, 0.29) is 5.84 Å². The highest BCUT2D eigenvalue weighted by atomic mass is 35.5. The lowest BCUT2D eigenvalue weighted by Crippen LogP contribution is -2.14. The Kier molecular flexibility index (Phi) is 2.11. The van der Waals surface area contributed by atoms with Crippen LogP contribution in [0.5, 0.6) is 0 Å². The van der Waals surface area contributed by atoms with E-state index < -0.39 is 0 Å². The van der Waals surface area contributed by atoms with Crippen LogP contribution in [0.25, 0.3) is 0 Å².